The Labute approximate surface area is 110 Å². The molecule has 1 aromatic heterocycles. The largest absolute Gasteiger partial charge is 0.352 e. The standard InChI is InChI=1S/C15H25N3/c1-3-9-16-15-17-10-11-18(15)12-14-7-5-13(4-2)6-8-14/h3,10-11,13-14H,1,4-9,12H2,2H3,(H,16,17). The van der Waals surface area contributed by atoms with E-state index < -0.39 is 0 Å². The number of nitrogens with zero attached hydrogens (tertiary/aromatic N) is 2. The van der Waals surface area contributed by atoms with E-state index in [1.807, 2.05) is 12.3 Å². The highest BCUT2D eigenvalue weighted by atomic mass is 15.2. The normalized spacial score (nSPS) is 23.8. The molecule has 0 aliphatic heterocycles. The van der Waals surface area contributed by atoms with Crippen LogP contribution in [0.2, 0.25) is 0 Å². The zero-order chi connectivity index (χ0) is 12.8. The zero-order valence-electron chi connectivity index (χ0n) is 11.4. The Balaban J connectivity index is 1.86. The predicted octanol–water partition coefficient (Wildman–Crippen LogP) is 3.70. The van der Waals surface area contributed by atoms with Gasteiger partial charge in [0.25, 0.3) is 0 Å². The van der Waals surface area contributed by atoms with Crippen LogP contribution in [0.3, 0.4) is 0 Å². The van der Waals surface area contributed by atoms with Gasteiger partial charge in [0.15, 0.2) is 0 Å². The Morgan fingerprint density at radius 2 is 2.11 bits per heavy atom. The zero-order valence-corrected chi connectivity index (χ0v) is 11.4. The molecule has 2 rings (SSSR count). The quantitative estimate of drug-likeness (QED) is 0.777. The number of hydrogen-bond acceptors (Lipinski definition) is 2. The Bertz CT molecular complexity index is 362. The summed E-state index contributed by atoms with van der Waals surface area (Å²) in [6.07, 6.45) is 12.7. The summed E-state index contributed by atoms with van der Waals surface area (Å²) in [5, 5.41) is 3.29. The van der Waals surface area contributed by atoms with Gasteiger partial charge in [-0.05, 0) is 24.7 Å². The molecule has 1 heterocycles. The van der Waals surface area contributed by atoms with Gasteiger partial charge in [-0.2, -0.15) is 0 Å². The van der Waals surface area contributed by atoms with Gasteiger partial charge in [-0.25, -0.2) is 4.98 Å². The van der Waals surface area contributed by atoms with Crippen LogP contribution < -0.4 is 5.32 Å². The number of aromatic nitrogens is 2. The number of anilines is 1. The van der Waals surface area contributed by atoms with Gasteiger partial charge in [0.2, 0.25) is 5.95 Å². The minimum Gasteiger partial charge on any atom is -0.352 e. The van der Waals surface area contributed by atoms with Crippen molar-refractivity contribution in [2.75, 3.05) is 11.9 Å². The second kappa shape index (κ2) is 6.62. The second-order valence-corrected chi connectivity index (χ2v) is 5.37. The van der Waals surface area contributed by atoms with E-state index in [4.69, 9.17) is 0 Å². The lowest BCUT2D eigenvalue weighted by Gasteiger charge is -2.28. The molecule has 3 nitrogen and oxygen atoms in total. The van der Waals surface area contributed by atoms with Crippen molar-refractivity contribution < 1.29 is 0 Å². The van der Waals surface area contributed by atoms with Crippen LogP contribution in [0.5, 0.6) is 0 Å². The first-order valence-electron chi connectivity index (χ1n) is 7.19. The Morgan fingerprint density at radius 3 is 2.78 bits per heavy atom. The van der Waals surface area contributed by atoms with Crippen molar-refractivity contribution in [3.8, 4) is 0 Å². The lowest BCUT2D eigenvalue weighted by Crippen LogP contribution is -2.19. The van der Waals surface area contributed by atoms with E-state index in [-0.39, 0.29) is 0 Å². The van der Waals surface area contributed by atoms with E-state index in [0.717, 1.165) is 30.9 Å². The third kappa shape index (κ3) is 3.37. The molecule has 0 amide bonds. The molecule has 1 saturated carbocycles. The van der Waals surface area contributed by atoms with Gasteiger partial charge in [-0.15, -0.1) is 6.58 Å². The van der Waals surface area contributed by atoms with Crippen LogP contribution in [0.15, 0.2) is 25.0 Å². The summed E-state index contributed by atoms with van der Waals surface area (Å²) in [6.45, 7) is 7.93. The molecule has 1 aliphatic carbocycles. The first-order chi connectivity index (χ1) is 8.83. The summed E-state index contributed by atoms with van der Waals surface area (Å²) in [4.78, 5) is 4.35. The molecule has 18 heavy (non-hydrogen) atoms. The fourth-order valence-corrected chi connectivity index (χ4v) is 2.89. The highest BCUT2D eigenvalue weighted by Crippen LogP contribution is 2.31. The van der Waals surface area contributed by atoms with Gasteiger partial charge >= 0.3 is 0 Å². The van der Waals surface area contributed by atoms with E-state index in [1.165, 1.54) is 32.1 Å². The van der Waals surface area contributed by atoms with Gasteiger partial charge in [0, 0.05) is 25.5 Å². The van der Waals surface area contributed by atoms with Crippen LogP contribution in [0.4, 0.5) is 5.95 Å². The molecule has 1 N–H and O–H groups in total. The highest BCUT2D eigenvalue weighted by molar-refractivity contribution is 5.26. The first-order valence-corrected chi connectivity index (χ1v) is 7.19. The number of nitrogens with one attached hydrogen (secondary N) is 1. The molecule has 0 aromatic carbocycles. The first kappa shape index (κ1) is 13.2. The summed E-state index contributed by atoms with van der Waals surface area (Å²) in [7, 11) is 0. The maximum Gasteiger partial charge on any atom is 0.203 e. The monoisotopic (exact) mass is 247 g/mol. The number of rotatable bonds is 6. The van der Waals surface area contributed by atoms with Gasteiger partial charge < -0.3 is 9.88 Å². The molecule has 1 aliphatic rings. The van der Waals surface area contributed by atoms with Crippen LogP contribution in [0.1, 0.15) is 39.0 Å². The van der Waals surface area contributed by atoms with Crippen molar-refractivity contribution in [2.45, 2.75) is 45.6 Å². The minimum absolute atomic E-state index is 0.777. The van der Waals surface area contributed by atoms with Crippen LogP contribution in [-0.4, -0.2) is 16.1 Å². The SMILES string of the molecule is C=CCNc1nccn1CC1CCC(CC)CC1. The molecule has 1 aromatic rings. The van der Waals surface area contributed by atoms with Crippen molar-refractivity contribution in [3.05, 3.63) is 25.0 Å². The maximum atomic E-state index is 4.35. The van der Waals surface area contributed by atoms with E-state index in [2.05, 4.69) is 34.6 Å². The Morgan fingerprint density at radius 1 is 1.39 bits per heavy atom. The topological polar surface area (TPSA) is 29.9 Å². The van der Waals surface area contributed by atoms with Crippen molar-refractivity contribution in [1.82, 2.24) is 9.55 Å². The Kier molecular flexibility index (Phi) is 4.85. The third-order valence-corrected chi connectivity index (χ3v) is 4.12. The number of imidazole rings is 1. The van der Waals surface area contributed by atoms with Crippen LogP contribution in [0, 0.1) is 11.8 Å². The summed E-state index contributed by atoms with van der Waals surface area (Å²) in [5.41, 5.74) is 0. The van der Waals surface area contributed by atoms with E-state index in [9.17, 15) is 0 Å². The fourth-order valence-electron chi connectivity index (χ4n) is 2.89. The molecule has 0 radical (unpaired) electrons. The molecule has 0 unspecified atom stereocenters. The van der Waals surface area contributed by atoms with Crippen molar-refractivity contribution in [1.29, 1.82) is 0 Å². The molecular weight excluding hydrogens is 222 g/mol. The summed E-state index contributed by atoms with van der Waals surface area (Å²) < 4.78 is 2.25. The van der Waals surface area contributed by atoms with E-state index >= 15 is 0 Å². The van der Waals surface area contributed by atoms with Gasteiger partial charge in [-0.1, -0.05) is 32.3 Å². The fraction of sp³-hybridized carbons (Fsp3) is 0.667. The molecule has 1 fully saturated rings. The molecule has 100 valence electrons. The number of hydrogen-bond donors (Lipinski definition) is 1. The van der Waals surface area contributed by atoms with E-state index in [0.29, 0.717) is 0 Å². The van der Waals surface area contributed by atoms with Crippen molar-refractivity contribution >= 4 is 5.95 Å². The predicted molar refractivity (Wildman–Crippen MR) is 76.7 cm³/mol. The summed E-state index contributed by atoms with van der Waals surface area (Å²) in [5.74, 6) is 2.78. The average molecular weight is 247 g/mol. The maximum absolute atomic E-state index is 4.35. The molecule has 0 spiro atoms. The average Bonchev–Trinajstić information content (AvgIpc) is 2.84. The molecular formula is C15H25N3. The third-order valence-electron chi connectivity index (χ3n) is 4.12. The minimum atomic E-state index is 0.777. The van der Waals surface area contributed by atoms with Crippen LogP contribution >= 0.6 is 0 Å². The smallest absolute Gasteiger partial charge is 0.203 e. The molecule has 0 saturated heterocycles. The van der Waals surface area contributed by atoms with E-state index in [1.54, 1.807) is 0 Å². The van der Waals surface area contributed by atoms with Crippen LogP contribution in [0.25, 0.3) is 0 Å². The van der Waals surface area contributed by atoms with Crippen molar-refractivity contribution in [3.63, 3.8) is 0 Å². The Hall–Kier alpha value is -1.25. The van der Waals surface area contributed by atoms with Gasteiger partial charge in [0.1, 0.15) is 0 Å². The second-order valence-electron chi connectivity index (χ2n) is 5.37. The lowest BCUT2D eigenvalue weighted by molar-refractivity contribution is 0.248. The molecule has 0 bridgehead atoms. The highest BCUT2D eigenvalue weighted by Gasteiger charge is 2.20. The van der Waals surface area contributed by atoms with Crippen LogP contribution in [-0.2, 0) is 6.54 Å². The van der Waals surface area contributed by atoms with Gasteiger partial charge in [-0.3, -0.25) is 0 Å². The summed E-state index contributed by atoms with van der Waals surface area (Å²) in [6, 6.07) is 0. The lowest BCUT2D eigenvalue weighted by atomic mass is 9.81. The van der Waals surface area contributed by atoms with Gasteiger partial charge in [0.05, 0.1) is 0 Å². The molecule has 3 heteroatoms. The molecule has 0 atom stereocenters. The van der Waals surface area contributed by atoms with Crippen molar-refractivity contribution in [2.24, 2.45) is 11.8 Å². The summed E-state index contributed by atoms with van der Waals surface area (Å²) >= 11 is 0.